The SMILES string of the molecule is CCCCC[C@@H](C)N=C=S. The topological polar surface area (TPSA) is 12.4 Å². The van der Waals surface area contributed by atoms with E-state index < -0.39 is 0 Å². The maximum Gasteiger partial charge on any atom is 0.0587 e. The van der Waals surface area contributed by atoms with Gasteiger partial charge in [0.1, 0.15) is 0 Å². The zero-order valence-corrected chi connectivity index (χ0v) is 7.58. The summed E-state index contributed by atoms with van der Waals surface area (Å²) in [6, 6.07) is 0.379. The Morgan fingerprint density at radius 2 is 2.20 bits per heavy atom. The molecule has 0 fully saturated rings. The van der Waals surface area contributed by atoms with Gasteiger partial charge in [-0.15, -0.1) is 0 Å². The Balaban J connectivity index is 3.21. The van der Waals surface area contributed by atoms with Crippen LogP contribution in [0, 0.1) is 0 Å². The third-order valence-electron chi connectivity index (χ3n) is 1.50. The molecule has 0 aliphatic rings. The van der Waals surface area contributed by atoms with Crippen molar-refractivity contribution in [1.82, 2.24) is 0 Å². The van der Waals surface area contributed by atoms with Gasteiger partial charge in [-0.2, -0.15) is 0 Å². The molecule has 10 heavy (non-hydrogen) atoms. The molecule has 0 saturated heterocycles. The number of aliphatic imine (C=N–C) groups is 1. The molecule has 0 rings (SSSR count). The molecule has 0 aromatic carbocycles. The Kier molecular flexibility index (Phi) is 6.78. The monoisotopic (exact) mass is 157 g/mol. The van der Waals surface area contributed by atoms with Crippen molar-refractivity contribution in [3.8, 4) is 0 Å². The average molecular weight is 157 g/mol. The number of thiocarbonyl (C=S) groups is 1. The van der Waals surface area contributed by atoms with Crippen LogP contribution in [0.25, 0.3) is 0 Å². The molecule has 1 nitrogen and oxygen atoms in total. The number of hydrogen-bond donors (Lipinski definition) is 0. The fourth-order valence-corrected chi connectivity index (χ4v) is 1.02. The van der Waals surface area contributed by atoms with Crippen molar-refractivity contribution in [1.29, 1.82) is 0 Å². The predicted octanol–water partition coefficient (Wildman–Crippen LogP) is 3.06. The molecular weight excluding hydrogens is 142 g/mol. The van der Waals surface area contributed by atoms with E-state index in [1.54, 1.807) is 0 Å². The van der Waals surface area contributed by atoms with Crippen LogP contribution in [0.5, 0.6) is 0 Å². The molecule has 58 valence electrons. The lowest BCUT2D eigenvalue weighted by Gasteiger charge is -2.01. The summed E-state index contributed by atoms with van der Waals surface area (Å²) in [5.41, 5.74) is 0. The van der Waals surface area contributed by atoms with E-state index in [1.807, 2.05) is 0 Å². The van der Waals surface area contributed by atoms with Crippen LogP contribution in [-0.4, -0.2) is 11.2 Å². The van der Waals surface area contributed by atoms with Crippen LogP contribution >= 0.6 is 12.2 Å². The highest BCUT2D eigenvalue weighted by Gasteiger charge is 1.95. The molecule has 0 aromatic rings. The molecule has 2 heteroatoms. The molecule has 1 atom stereocenters. The van der Waals surface area contributed by atoms with Crippen LogP contribution in [0.3, 0.4) is 0 Å². The van der Waals surface area contributed by atoms with Crippen molar-refractivity contribution in [3.05, 3.63) is 0 Å². The highest BCUT2D eigenvalue weighted by molar-refractivity contribution is 7.78. The van der Waals surface area contributed by atoms with Crippen molar-refractivity contribution in [2.45, 2.75) is 45.6 Å². The predicted molar refractivity (Wildman–Crippen MR) is 48.6 cm³/mol. The van der Waals surface area contributed by atoms with Gasteiger partial charge in [0, 0.05) is 0 Å². The molecule has 0 bridgehead atoms. The summed E-state index contributed by atoms with van der Waals surface area (Å²) < 4.78 is 0. The summed E-state index contributed by atoms with van der Waals surface area (Å²) in [6.45, 7) is 4.28. The number of unbranched alkanes of at least 4 members (excludes halogenated alkanes) is 2. The van der Waals surface area contributed by atoms with Gasteiger partial charge < -0.3 is 0 Å². The number of rotatable bonds is 5. The lowest BCUT2D eigenvalue weighted by Crippen LogP contribution is -1.95. The molecule has 0 aromatic heterocycles. The van der Waals surface area contributed by atoms with Crippen LogP contribution in [0.1, 0.15) is 39.5 Å². The highest BCUT2D eigenvalue weighted by Crippen LogP contribution is 2.04. The van der Waals surface area contributed by atoms with Gasteiger partial charge in [0.2, 0.25) is 0 Å². The van der Waals surface area contributed by atoms with Gasteiger partial charge in [-0.05, 0) is 25.6 Å². The summed E-state index contributed by atoms with van der Waals surface area (Å²) in [5, 5.41) is 2.40. The zero-order chi connectivity index (χ0) is 7.82. The first-order valence-electron chi connectivity index (χ1n) is 3.88. The molecule has 0 saturated carbocycles. The van der Waals surface area contributed by atoms with E-state index in [0.29, 0.717) is 6.04 Å². The summed E-state index contributed by atoms with van der Waals surface area (Å²) in [7, 11) is 0. The van der Waals surface area contributed by atoms with Crippen molar-refractivity contribution >= 4 is 17.4 Å². The third-order valence-corrected chi connectivity index (χ3v) is 1.60. The molecule has 0 radical (unpaired) electrons. The maximum atomic E-state index is 4.49. The van der Waals surface area contributed by atoms with Crippen molar-refractivity contribution < 1.29 is 0 Å². The normalized spacial score (nSPS) is 12.2. The molecule has 0 N–H and O–H groups in total. The van der Waals surface area contributed by atoms with E-state index in [0.717, 1.165) is 6.42 Å². The molecule has 0 aliphatic heterocycles. The molecule has 0 heterocycles. The second kappa shape index (κ2) is 6.91. The second-order valence-electron chi connectivity index (χ2n) is 2.57. The van der Waals surface area contributed by atoms with Crippen molar-refractivity contribution in [2.24, 2.45) is 4.99 Å². The zero-order valence-electron chi connectivity index (χ0n) is 6.76. The number of nitrogens with zero attached hydrogens (tertiary/aromatic N) is 1. The Bertz CT molecular complexity index is 116. The minimum atomic E-state index is 0.379. The first-order valence-corrected chi connectivity index (χ1v) is 4.29. The average Bonchev–Trinajstić information content (AvgIpc) is 1.89. The van der Waals surface area contributed by atoms with Gasteiger partial charge in [-0.3, -0.25) is 0 Å². The van der Waals surface area contributed by atoms with Crippen LogP contribution in [0.2, 0.25) is 0 Å². The van der Waals surface area contributed by atoms with E-state index in [2.05, 4.69) is 36.2 Å². The molecular formula is C8H15NS. The van der Waals surface area contributed by atoms with Gasteiger partial charge >= 0.3 is 0 Å². The van der Waals surface area contributed by atoms with Gasteiger partial charge in [-0.25, -0.2) is 4.99 Å². The molecule has 0 aliphatic carbocycles. The van der Waals surface area contributed by atoms with Crippen molar-refractivity contribution in [2.75, 3.05) is 0 Å². The highest BCUT2D eigenvalue weighted by atomic mass is 32.1. The Hall–Kier alpha value is -0.200. The maximum absolute atomic E-state index is 4.49. The summed E-state index contributed by atoms with van der Waals surface area (Å²) in [4.78, 5) is 3.96. The van der Waals surface area contributed by atoms with Gasteiger partial charge in [-0.1, -0.05) is 26.2 Å². The number of isothiocyanates is 1. The van der Waals surface area contributed by atoms with E-state index >= 15 is 0 Å². The molecule has 0 unspecified atom stereocenters. The lowest BCUT2D eigenvalue weighted by atomic mass is 10.1. The smallest absolute Gasteiger partial charge is 0.0587 e. The van der Waals surface area contributed by atoms with Crippen LogP contribution < -0.4 is 0 Å². The van der Waals surface area contributed by atoms with E-state index in [-0.39, 0.29) is 0 Å². The molecule has 0 amide bonds. The van der Waals surface area contributed by atoms with Crippen molar-refractivity contribution in [3.63, 3.8) is 0 Å². The fraction of sp³-hybridized carbons (Fsp3) is 0.875. The fourth-order valence-electron chi connectivity index (χ4n) is 0.844. The Morgan fingerprint density at radius 3 is 2.70 bits per heavy atom. The van der Waals surface area contributed by atoms with E-state index in [9.17, 15) is 0 Å². The van der Waals surface area contributed by atoms with Gasteiger partial charge in [0.25, 0.3) is 0 Å². The first kappa shape index (κ1) is 9.80. The third kappa shape index (κ3) is 5.93. The Morgan fingerprint density at radius 1 is 1.50 bits per heavy atom. The number of hydrogen-bond acceptors (Lipinski definition) is 2. The summed E-state index contributed by atoms with van der Waals surface area (Å²) >= 11 is 4.49. The Labute approximate surface area is 68.5 Å². The van der Waals surface area contributed by atoms with E-state index in [4.69, 9.17) is 0 Å². The summed E-state index contributed by atoms with van der Waals surface area (Å²) in [6.07, 6.45) is 4.99. The first-order chi connectivity index (χ1) is 4.81. The minimum Gasteiger partial charge on any atom is -0.229 e. The lowest BCUT2D eigenvalue weighted by molar-refractivity contribution is 0.595. The molecule has 0 spiro atoms. The van der Waals surface area contributed by atoms with Crippen LogP contribution in [0.4, 0.5) is 0 Å². The largest absolute Gasteiger partial charge is 0.229 e. The van der Waals surface area contributed by atoms with Crippen LogP contribution in [0.15, 0.2) is 4.99 Å². The second-order valence-corrected chi connectivity index (χ2v) is 2.75. The van der Waals surface area contributed by atoms with Gasteiger partial charge in [0.15, 0.2) is 0 Å². The standard InChI is InChI=1S/C8H15NS/c1-3-4-5-6-8(2)9-7-10/h8H,3-6H2,1-2H3/t8-/m1/s1. The van der Waals surface area contributed by atoms with Crippen LogP contribution in [-0.2, 0) is 0 Å². The summed E-state index contributed by atoms with van der Waals surface area (Å²) in [5.74, 6) is 0. The van der Waals surface area contributed by atoms with E-state index in [1.165, 1.54) is 19.3 Å². The minimum absolute atomic E-state index is 0.379. The quantitative estimate of drug-likeness (QED) is 0.339. The van der Waals surface area contributed by atoms with Gasteiger partial charge in [0.05, 0.1) is 11.2 Å².